The molecule has 0 saturated heterocycles. The fourth-order valence-electron chi connectivity index (χ4n) is 2.56. The van der Waals surface area contributed by atoms with Gasteiger partial charge in [0, 0.05) is 43.9 Å². The maximum absolute atomic E-state index is 12.5. The van der Waals surface area contributed by atoms with Crippen molar-refractivity contribution in [2.45, 2.75) is 32.4 Å². The Bertz CT molecular complexity index is 827. The molecule has 1 heterocycles. The van der Waals surface area contributed by atoms with E-state index in [0.717, 1.165) is 5.69 Å². The van der Waals surface area contributed by atoms with Crippen molar-refractivity contribution >= 4 is 23.5 Å². The Morgan fingerprint density at radius 1 is 1.13 bits per heavy atom. The molecule has 0 fully saturated rings. The van der Waals surface area contributed by atoms with Gasteiger partial charge in [-0.1, -0.05) is 6.07 Å². The molecule has 2 aromatic rings. The normalized spacial score (nSPS) is 11.2. The summed E-state index contributed by atoms with van der Waals surface area (Å²) in [5, 5.41) is 17.0. The quantitative estimate of drug-likeness (QED) is 0.306. The van der Waals surface area contributed by atoms with Gasteiger partial charge < -0.3 is 25.8 Å². The number of rotatable bonds is 12. The minimum Gasteiger partial charge on any atom is -0.494 e. The van der Waals surface area contributed by atoms with Gasteiger partial charge in [-0.15, -0.1) is 0 Å². The number of nitrogens with zero attached hydrogens (tertiary/aromatic N) is 1. The number of hydrogen-bond donors (Lipinski definition) is 4. The highest BCUT2D eigenvalue weighted by Crippen LogP contribution is 2.16. The van der Waals surface area contributed by atoms with Crippen molar-refractivity contribution in [3.63, 3.8) is 0 Å². The largest absolute Gasteiger partial charge is 0.494 e. The predicted octanol–water partition coefficient (Wildman–Crippen LogP) is 1.56. The highest BCUT2D eigenvalue weighted by molar-refractivity contribution is 5.88. The first kappa shape index (κ1) is 22.7. The highest BCUT2D eigenvalue weighted by atomic mass is 16.5. The average molecular weight is 414 g/mol. The minimum absolute atomic E-state index is 0.0491. The van der Waals surface area contributed by atoms with E-state index < -0.39 is 12.1 Å². The molecule has 0 bridgehead atoms. The third-order valence-electron chi connectivity index (χ3n) is 3.99. The maximum Gasteiger partial charge on any atom is 0.303 e. The fraction of sp³-hybridized carbons (Fsp3) is 0.333. The molecule has 0 radical (unpaired) electrons. The summed E-state index contributed by atoms with van der Waals surface area (Å²) in [6.07, 6.45) is 1.80. The summed E-state index contributed by atoms with van der Waals surface area (Å²) < 4.78 is 5.48. The van der Waals surface area contributed by atoms with Crippen LogP contribution < -0.4 is 20.7 Å². The number of carboxylic acids is 1. The zero-order valence-electron chi connectivity index (χ0n) is 16.8. The van der Waals surface area contributed by atoms with Gasteiger partial charge in [-0.3, -0.25) is 19.4 Å². The number of hydrogen-bond acceptors (Lipinski definition) is 6. The molecular formula is C21H26N4O5. The fourth-order valence-corrected chi connectivity index (χ4v) is 2.56. The Morgan fingerprint density at radius 2 is 1.90 bits per heavy atom. The molecule has 1 atom stereocenters. The number of carbonyl (C=O) groups is 3. The smallest absolute Gasteiger partial charge is 0.303 e. The van der Waals surface area contributed by atoms with E-state index in [1.54, 1.807) is 30.5 Å². The molecule has 4 N–H and O–H groups in total. The van der Waals surface area contributed by atoms with Crippen LogP contribution in [0.4, 0.5) is 5.69 Å². The van der Waals surface area contributed by atoms with Crippen LogP contribution in [0.1, 0.15) is 25.5 Å². The average Bonchev–Trinajstić information content (AvgIpc) is 2.72. The van der Waals surface area contributed by atoms with Crippen molar-refractivity contribution in [1.82, 2.24) is 15.6 Å². The monoisotopic (exact) mass is 414 g/mol. The Labute approximate surface area is 174 Å². The number of amides is 2. The summed E-state index contributed by atoms with van der Waals surface area (Å²) >= 11 is 0. The van der Waals surface area contributed by atoms with Gasteiger partial charge in [0.2, 0.25) is 5.91 Å². The van der Waals surface area contributed by atoms with Crippen LogP contribution in [-0.4, -0.2) is 47.2 Å². The van der Waals surface area contributed by atoms with Crippen LogP contribution in [0.5, 0.6) is 5.75 Å². The molecule has 1 aromatic heterocycles. The third-order valence-corrected chi connectivity index (χ3v) is 3.99. The zero-order valence-corrected chi connectivity index (χ0v) is 16.8. The summed E-state index contributed by atoms with van der Waals surface area (Å²) in [5.41, 5.74) is 1.48. The molecule has 0 saturated carbocycles. The molecule has 0 aliphatic carbocycles. The molecule has 2 rings (SSSR count). The minimum atomic E-state index is -0.937. The van der Waals surface area contributed by atoms with Gasteiger partial charge in [0.25, 0.3) is 5.91 Å². The SMILES string of the molecule is CC(=O)NC(Nc1ccc(OCCCC(=O)O)cc1)C(=O)NCCc1ccccn1. The number of benzene rings is 1. The van der Waals surface area contributed by atoms with Crippen LogP contribution in [0.25, 0.3) is 0 Å². The number of aromatic nitrogens is 1. The van der Waals surface area contributed by atoms with E-state index in [1.165, 1.54) is 6.92 Å². The first-order valence-electron chi connectivity index (χ1n) is 9.60. The summed E-state index contributed by atoms with van der Waals surface area (Å²) in [6.45, 7) is 2.02. The van der Waals surface area contributed by atoms with E-state index in [2.05, 4.69) is 20.9 Å². The number of carbonyl (C=O) groups excluding carboxylic acids is 2. The molecule has 1 unspecified atom stereocenters. The Kier molecular flexibility index (Phi) is 9.11. The first-order chi connectivity index (χ1) is 14.4. The van der Waals surface area contributed by atoms with E-state index in [1.807, 2.05) is 18.2 Å². The van der Waals surface area contributed by atoms with Crippen LogP contribution >= 0.6 is 0 Å². The Hall–Kier alpha value is -3.62. The van der Waals surface area contributed by atoms with Crippen molar-refractivity contribution in [3.05, 3.63) is 54.4 Å². The van der Waals surface area contributed by atoms with Crippen LogP contribution in [0.3, 0.4) is 0 Å². The molecule has 160 valence electrons. The van der Waals surface area contributed by atoms with Crippen molar-refractivity contribution in [2.75, 3.05) is 18.5 Å². The lowest BCUT2D eigenvalue weighted by molar-refractivity contribution is -0.137. The van der Waals surface area contributed by atoms with Gasteiger partial charge in [0.1, 0.15) is 5.75 Å². The standard InChI is InChI=1S/C21H26N4O5/c1-15(26)24-20(21(29)23-13-11-16-5-2-3-12-22-16)25-17-7-9-18(10-8-17)30-14-4-6-19(27)28/h2-3,5,7-10,12,20,25H,4,6,11,13-14H2,1H3,(H,23,29)(H,24,26)(H,27,28). The first-order valence-corrected chi connectivity index (χ1v) is 9.60. The summed E-state index contributed by atoms with van der Waals surface area (Å²) in [5.74, 6) is -0.983. The van der Waals surface area contributed by atoms with Gasteiger partial charge in [-0.2, -0.15) is 0 Å². The zero-order chi connectivity index (χ0) is 21.8. The number of nitrogens with one attached hydrogen (secondary N) is 3. The number of aliphatic carboxylic acids is 1. The lowest BCUT2D eigenvalue weighted by Gasteiger charge is -2.20. The third kappa shape index (κ3) is 8.59. The molecule has 2 amide bonds. The van der Waals surface area contributed by atoms with E-state index in [-0.39, 0.29) is 18.2 Å². The van der Waals surface area contributed by atoms with Crippen LogP contribution in [0, 0.1) is 0 Å². The second-order valence-electron chi connectivity index (χ2n) is 6.51. The molecule has 30 heavy (non-hydrogen) atoms. The highest BCUT2D eigenvalue weighted by Gasteiger charge is 2.19. The van der Waals surface area contributed by atoms with Gasteiger partial charge in [-0.05, 0) is 42.8 Å². The summed E-state index contributed by atoms with van der Waals surface area (Å²) in [6, 6.07) is 12.4. The van der Waals surface area contributed by atoms with Gasteiger partial charge in [-0.25, -0.2) is 0 Å². The summed E-state index contributed by atoms with van der Waals surface area (Å²) in [7, 11) is 0. The Balaban J connectivity index is 1.86. The molecular weight excluding hydrogens is 388 g/mol. The van der Waals surface area contributed by atoms with Crippen molar-refractivity contribution in [3.8, 4) is 5.75 Å². The topological polar surface area (TPSA) is 130 Å². The molecule has 0 aliphatic heterocycles. The predicted molar refractivity (Wildman–Crippen MR) is 111 cm³/mol. The molecule has 0 aliphatic rings. The molecule has 9 heteroatoms. The van der Waals surface area contributed by atoms with Crippen LogP contribution in [0.15, 0.2) is 48.7 Å². The second kappa shape index (κ2) is 12.1. The van der Waals surface area contributed by atoms with E-state index in [4.69, 9.17) is 9.84 Å². The van der Waals surface area contributed by atoms with Gasteiger partial charge in [0.05, 0.1) is 6.61 Å². The summed E-state index contributed by atoms with van der Waals surface area (Å²) in [4.78, 5) is 38.7. The maximum atomic E-state index is 12.5. The van der Waals surface area contributed by atoms with Crippen LogP contribution in [0.2, 0.25) is 0 Å². The number of carboxylic acid groups (broad SMARTS) is 1. The van der Waals surface area contributed by atoms with E-state index >= 15 is 0 Å². The van der Waals surface area contributed by atoms with Crippen molar-refractivity contribution in [2.24, 2.45) is 0 Å². The molecule has 1 aromatic carbocycles. The van der Waals surface area contributed by atoms with Gasteiger partial charge in [0.15, 0.2) is 6.17 Å². The second-order valence-corrected chi connectivity index (χ2v) is 6.51. The van der Waals surface area contributed by atoms with E-state index in [9.17, 15) is 14.4 Å². The number of anilines is 1. The lowest BCUT2D eigenvalue weighted by Crippen LogP contribution is -2.51. The number of pyridine rings is 1. The van der Waals surface area contributed by atoms with Crippen molar-refractivity contribution in [1.29, 1.82) is 0 Å². The van der Waals surface area contributed by atoms with Crippen molar-refractivity contribution < 1.29 is 24.2 Å². The van der Waals surface area contributed by atoms with Gasteiger partial charge >= 0.3 is 5.97 Å². The Morgan fingerprint density at radius 3 is 2.53 bits per heavy atom. The molecule has 0 spiro atoms. The molecule has 9 nitrogen and oxygen atoms in total. The lowest BCUT2D eigenvalue weighted by atomic mass is 10.2. The number of ether oxygens (including phenoxy) is 1. The van der Waals surface area contributed by atoms with Crippen LogP contribution in [-0.2, 0) is 20.8 Å². The van der Waals surface area contributed by atoms with E-state index in [0.29, 0.717) is 37.4 Å².